The van der Waals surface area contributed by atoms with E-state index in [1.165, 1.54) is 0 Å². The normalized spacial score (nSPS) is 11.5. The molecule has 0 fully saturated rings. The molecule has 1 unspecified atom stereocenters. The summed E-state index contributed by atoms with van der Waals surface area (Å²) in [4.78, 5) is 12.2. The van der Waals surface area contributed by atoms with Gasteiger partial charge in [-0.3, -0.25) is 4.79 Å². The van der Waals surface area contributed by atoms with Crippen LogP contribution in [-0.2, 0) is 4.79 Å². The molecule has 8 nitrogen and oxygen atoms in total. The van der Waals surface area contributed by atoms with Crippen molar-refractivity contribution < 1.29 is 23.4 Å². The molecule has 29 heavy (non-hydrogen) atoms. The van der Waals surface area contributed by atoms with E-state index in [1.54, 1.807) is 49.6 Å². The molecule has 1 amide bonds. The molecule has 1 atom stereocenters. The van der Waals surface area contributed by atoms with Crippen molar-refractivity contribution in [2.45, 2.75) is 20.0 Å². The summed E-state index contributed by atoms with van der Waals surface area (Å²) in [5.74, 6) is 2.03. The zero-order valence-electron chi connectivity index (χ0n) is 16.3. The fourth-order valence-electron chi connectivity index (χ4n) is 2.49. The summed E-state index contributed by atoms with van der Waals surface area (Å²) in [6, 6.07) is 14.2. The minimum absolute atomic E-state index is 0.241. The van der Waals surface area contributed by atoms with Crippen LogP contribution >= 0.6 is 0 Å². The highest BCUT2D eigenvalue weighted by molar-refractivity contribution is 5.80. The van der Waals surface area contributed by atoms with E-state index in [2.05, 4.69) is 15.5 Å². The molecule has 0 spiro atoms. The highest BCUT2D eigenvalue weighted by Crippen LogP contribution is 2.20. The molecule has 1 N–H and O–H groups in total. The third-order valence-corrected chi connectivity index (χ3v) is 3.86. The molecule has 0 aliphatic heterocycles. The molecule has 8 heteroatoms. The zero-order valence-corrected chi connectivity index (χ0v) is 16.3. The van der Waals surface area contributed by atoms with E-state index in [9.17, 15) is 4.79 Å². The van der Waals surface area contributed by atoms with E-state index < -0.39 is 6.10 Å². The van der Waals surface area contributed by atoms with Gasteiger partial charge in [0.15, 0.2) is 11.9 Å². The van der Waals surface area contributed by atoms with Gasteiger partial charge < -0.3 is 23.9 Å². The summed E-state index contributed by atoms with van der Waals surface area (Å²) in [6.45, 7) is 4.72. The molecule has 152 valence electrons. The van der Waals surface area contributed by atoms with Crippen LogP contribution in [0.25, 0.3) is 11.5 Å². The summed E-state index contributed by atoms with van der Waals surface area (Å²) in [6.07, 6.45) is 0.920. The second kappa shape index (κ2) is 10.1. The first-order chi connectivity index (χ1) is 14.2. The molecule has 3 rings (SSSR count). The largest absolute Gasteiger partial charge is 0.494 e. The van der Waals surface area contributed by atoms with Gasteiger partial charge in [-0.15, -0.1) is 10.2 Å². The van der Waals surface area contributed by atoms with Crippen LogP contribution in [0.5, 0.6) is 17.4 Å². The summed E-state index contributed by atoms with van der Waals surface area (Å²) < 4.78 is 21.8. The number of ether oxygens (including phenoxy) is 3. The lowest BCUT2D eigenvalue weighted by Gasteiger charge is -2.15. The molecular weight excluding hydrogens is 374 g/mol. The summed E-state index contributed by atoms with van der Waals surface area (Å²) in [5.41, 5.74) is 0.620. The number of aromatic nitrogens is 2. The van der Waals surface area contributed by atoms with Crippen LogP contribution in [-0.4, -0.2) is 42.0 Å². The van der Waals surface area contributed by atoms with E-state index >= 15 is 0 Å². The average molecular weight is 397 g/mol. The standard InChI is InChI=1S/C21H23N3O5/c1-3-26-16-6-4-7-17(14-16)29-15(2)21(25)22-11-13-28-20-10-9-18(23-24-20)19-8-5-12-27-19/h4-10,12,14-15H,3,11,13H2,1-2H3,(H,22,25). The maximum atomic E-state index is 12.2. The summed E-state index contributed by atoms with van der Waals surface area (Å²) in [7, 11) is 0. The maximum Gasteiger partial charge on any atom is 0.260 e. The molecule has 2 aromatic heterocycles. The quantitative estimate of drug-likeness (QED) is 0.525. The Morgan fingerprint density at radius 3 is 2.69 bits per heavy atom. The van der Waals surface area contributed by atoms with Gasteiger partial charge in [-0.2, -0.15) is 0 Å². The fraction of sp³-hybridized carbons (Fsp3) is 0.286. The van der Waals surface area contributed by atoms with Gasteiger partial charge in [-0.25, -0.2) is 0 Å². The van der Waals surface area contributed by atoms with Crippen molar-refractivity contribution in [1.82, 2.24) is 15.5 Å². The Balaban J connectivity index is 1.39. The SMILES string of the molecule is CCOc1cccc(OC(C)C(=O)NCCOc2ccc(-c3ccco3)nn2)c1. The second-order valence-electron chi connectivity index (χ2n) is 6.04. The van der Waals surface area contributed by atoms with Gasteiger partial charge in [0.2, 0.25) is 5.88 Å². The lowest BCUT2D eigenvalue weighted by atomic mass is 10.3. The van der Waals surface area contributed by atoms with Gasteiger partial charge in [0.05, 0.1) is 19.4 Å². The first kappa shape index (κ1) is 20.2. The van der Waals surface area contributed by atoms with Crippen LogP contribution in [0.4, 0.5) is 0 Å². The molecule has 0 saturated carbocycles. The predicted molar refractivity (Wildman–Crippen MR) is 106 cm³/mol. The Bertz CT molecular complexity index is 897. The number of nitrogens with zero attached hydrogens (tertiary/aromatic N) is 2. The Morgan fingerprint density at radius 1 is 1.10 bits per heavy atom. The first-order valence-corrected chi connectivity index (χ1v) is 9.33. The minimum atomic E-state index is -0.653. The van der Waals surface area contributed by atoms with Gasteiger partial charge in [0.1, 0.15) is 23.8 Å². The van der Waals surface area contributed by atoms with E-state index in [-0.39, 0.29) is 12.5 Å². The topological polar surface area (TPSA) is 95.7 Å². The van der Waals surface area contributed by atoms with Crippen LogP contribution in [0.2, 0.25) is 0 Å². The molecule has 0 aliphatic carbocycles. The second-order valence-corrected chi connectivity index (χ2v) is 6.04. The number of rotatable bonds is 10. The van der Waals surface area contributed by atoms with Crippen molar-refractivity contribution >= 4 is 5.91 Å². The highest BCUT2D eigenvalue weighted by Gasteiger charge is 2.14. The van der Waals surface area contributed by atoms with Gasteiger partial charge in [-0.05, 0) is 44.2 Å². The van der Waals surface area contributed by atoms with Crippen molar-refractivity contribution in [3.8, 4) is 28.8 Å². The number of furan rings is 1. The molecule has 2 heterocycles. The number of carbonyl (C=O) groups is 1. The Kier molecular flexibility index (Phi) is 7.05. The van der Waals surface area contributed by atoms with Crippen LogP contribution in [0.3, 0.4) is 0 Å². The molecule has 0 aliphatic rings. The first-order valence-electron chi connectivity index (χ1n) is 9.33. The lowest BCUT2D eigenvalue weighted by Crippen LogP contribution is -2.38. The van der Waals surface area contributed by atoms with Crippen LogP contribution in [0, 0.1) is 0 Å². The summed E-state index contributed by atoms with van der Waals surface area (Å²) in [5, 5.41) is 10.8. The lowest BCUT2D eigenvalue weighted by molar-refractivity contribution is -0.127. The number of benzene rings is 1. The molecular formula is C21H23N3O5. The molecule has 1 aromatic carbocycles. The Labute approximate surface area is 168 Å². The van der Waals surface area contributed by atoms with Crippen molar-refractivity contribution in [2.75, 3.05) is 19.8 Å². The zero-order chi connectivity index (χ0) is 20.5. The smallest absolute Gasteiger partial charge is 0.260 e. The fourth-order valence-corrected chi connectivity index (χ4v) is 2.49. The van der Waals surface area contributed by atoms with E-state index in [1.807, 2.05) is 19.1 Å². The van der Waals surface area contributed by atoms with Crippen LogP contribution in [0.15, 0.2) is 59.2 Å². The van der Waals surface area contributed by atoms with Gasteiger partial charge in [0.25, 0.3) is 5.91 Å². The number of carbonyl (C=O) groups excluding carboxylic acids is 1. The molecule has 3 aromatic rings. The average Bonchev–Trinajstić information content (AvgIpc) is 3.27. The highest BCUT2D eigenvalue weighted by atomic mass is 16.5. The van der Waals surface area contributed by atoms with Crippen molar-refractivity contribution in [2.24, 2.45) is 0 Å². The molecule has 0 radical (unpaired) electrons. The van der Waals surface area contributed by atoms with Crippen molar-refractivity contribution in [3.63, 3.8) is 0 Å². The minimum Gasteiger partial charge on any atom is -0.494 e. The summed E-state index contributed by atoms with van der Waals surface area (Å²) >= 11 is 0. The Hall–Kier alpha value is -3.55. The van der Waals surface area contributed by atoms with Gasteiger partial charge in [-0.1, -0.05) is 6.07 Å². The number of hydrogen-bond acceptors (Lipinski definition) is 7. The number of hydrogen-bond donors (Lipinski definition) is 1. The number of amides is 1. The molecule has 0 saturated heterocycles. The number of nitrogens with one attached hydrogen (secondary N) is 1. The van der Waals surface area contributed by atoms with Crippen LogP contribution in [0.1, 0.15) is 13.8 Å². The van der Waals surface area contributed by atoms with E-state index in [4.69, 9.17) is 18.6 Å². The van der Waals surface area contributed by atoms with Crippen LogP contribution < -0.4 is 19.5 Å². The van der Waals surface area contributed by atoms with Crippen molar-refractivity contribution in [1.29, 1.82) is 0 Å². The monoisotopic (exact) mass is 397 g/mol. The van der Waals surface area contributed by atoms with E-state index in [0.717, 1.165) is 0 Å². The molecule has 0 bridgehead atoms. The Morgan fingerprint density at radius 2 is 1.97 bits per heavy atom. The maximum absolute atomic E-state index is 12.2. The van der Waals surface area contributed by atoms with Gasteiger partial charge in [0, 0.05) is 12.1 Å². The third kappa shape index (κ3) is 5.97. The van der Waals surface area contributed by atoms with Gasteiger partial charge >= 0.3 is 0 Å². The van der Waals surface area contributed by atoms with Crippen molar-refractivity contribution in [3.05, 3.63) is 54.8 Å². The van der Waals surface area contributed by atoms with E-state index in [0.29, 0.717) is 42.0 Å². The predicted octanol–water partition coefficient (Wildman–Crippen LogP) is 3.10. The third-order valence-electron chi connectivity index (χ3n) is 3.86.